The van der Waals surface area contributed by atoms with Crippen molar-refractivity contribution < 1.29 is 23.5 Å². The molecule has 0 radical (unpaired) electrons. The highest BCUT2D eigenvalue weighted by atomic mass is 19.1. The molecule has 5 aromatic rings. The van der Waals surface area contributed by atoms with E-state index in [2.05, 4.69) is 25.2 Å². The zero-order valence-electron chi connectivity index (χ0n) is 27.9. The molecule has 3 N–H and O–H groups in total. The molecule has 0 bridgehead atoms. The van der Waals surface area contributed by atoms with Gasteiger partial charge < -0.3 is 34.9 Å². The van der Waals surface area contributed by atoms with Crippen molar-refractivity contribution >= 4 is 39.8 Å². The Morgan fingerprint density at radius 3 is 2.52 bits per heavy atom. The summed E-state index contributed by atoms with van der Waals surface area (Å²) in [6.07, 6.45) is 7.79. The van der Waals surface area contributed by atoms with Crippen molar-refractivity contribution in [3.8, 4) is 22.6 Å². The number of aryl methyl sites for hydroxylation is 1. The van der Waals surface area contributed by atoms with Gasteiger partial charge in [-0.2, -0.15) is 0 Å². The average Bonchev–Trinajstić information content (AvgIpc) is 3.85. The van der Waals surface area contributed by atoms with E-state index >= 15 is 4.39 Å². The second kappa shape index (κ2) is 13.9. The highest BCUT2D eigenvalue weighted by Crippen LogP contribution is 2.41. The number of carbonyl (C=O) groups is 2. The molecule has 258 valence electrons. The number of hydrogen-bond acceptors (Lipinski definition) is 9. The summed E-state index contributed by atoms with van der Waals surface area (Å²) in [5.74, 6) is 1.14. The lowest BCUT2D eigenvalue weighted by Crippen LogP contribution is -2.49. The Morgan fingerprint density at radius 2 is 1.76 bits per heavy atom. The quantitative estimate of drug-likeness (QED) is 0.219. The molecule has 13 nitrogen and oxygen atoms in total. The van der Waals surface area contributed by atoms with Gasteiger partial charge in [0, 0.05) is 86.3 Å². The number of carbonyl (C=O) groups excluding carboxylic acids is 2. The number of amides is 2. The number of hydrogen-bond donors (Lipinski definition) is 2. The van der Waals surface area contributed by atoms with Crippen LogP contribution in [0.3, 0.4) is 0 Å². The zero-order valence-corrected chi connectivity index (χ0v) is 27.9. The number of nitrogens with two attached hydrogens (primary N) is 1. The summed E-state index contributed by atoms with van der Waals surface area (Å²) in [5, 5.41) is 8.27. The van der Waals surface area contributed by atoms with E-state index in [-0.39, 0.29) is 36.0 Å². The number of methoxy groups -OCH3 is 2. The number of aromatic nitrogens is 5. The molecular formula is C36H38FN9O4. The van der Waals surface area contributed by atoms with Crippen molar-refractivity contribution in [3.05, 3.63) is 84.2 Å². The van der Waals surface area contributed by atoms with Gasteiger partial charge in [0.15, 0.2) is 17.4 Å². The fourth-order valence-electron chi connectivity index (χ4n) is 6.71. The summed E-state index contributed by atoms with van der Waals surface area (Å²) in [4.78, 5) is 40.3. The molecule has 2 aromatic carbocycles. The molecule has 2 aliphatic rings. The van der Waals surface area contributed by atoms with Gasteiger partial charge in [0.1, 0.15) is 11.4 Å². The van der Waals surface area contributed by atoms with E-state index in [0.717, 1.165) is 5.82 Å². The molecule has 1 saturated heterocycles. The number of aromatic amines is 1. The normalized spacial score (nSPS) is 14.9. The van der Waals surface area contributed by atoms with Gasteiger partial charge in [-0.05, 0) is 54.0 Å². The molecule has 0 saturated carbocycles. The Morgan fingerprint density at radius 1 is 0.940 bits per heavy atom. The number of anilines is 2. The van der Waals surface area contributed by atoms with Crippen LogP contribution in [-0.4, -0.2) is 100 Å². The Balaban J connectivity index is 1.20. The molecule has 7 rings (SSSR count). The van der Waals surface area contributed by atoms with E-state index < -0.39 is 5.82 Å². The smallest absolute Gasteiger partial charge is 0.270 e. The van der Waals surface area contributed by atoms with Crippen LogP contribution in [0.25, 0.3) is 27.6 Å². The van der Waals surface area contributed by atoms with Crippen molar-refractivity contribution in [2.45, 2.75) is 19.4 Å². The third kappa shape index (κ3) is 6.31. The van der Waals surface area contributed by atoms with Crippen LogP contribution >= 0.6 is 0 Å². The lowest BCUT2D eigenvalue weighted by atomic mass is 9.92. The van der Waals surface area contributed by atoms with E-state index in [1.807, 2.05) is 24.3 Å². The number of piperazine rings is 1. The summed E-state index contributed by atoms with van der Waals surface area (Å²) in [7, 11) is 3.16. The molecule has 14 heteroatoms. The van der Waals surface area contributed by atoms with Crippen molar-refractivity contribution in [1.82, 2.24) is 34.8 Å². The second-order valence-corrected chi connectivity index (χ2v) is 12.3. The number of H-pyrrole nitrogens is 1. The minimum absolute atomic E-state index is 0.0534. The van der Waals surface area contributed by atoms with E-state index in [4.69, 9.17) is 15.2 Å². The third-order valence-electron chi connectivity index (χ3n) is 9.31. The number of nitrogens with zero attached hydrogens (tertiary/aromatic N) is 7. The number of ether oxygens (including phenoxy) is 2. The van der Waals surface area contributed by atoms with Crippen LogP contribution in [0.4, 0.5) is 15.9 Å². The van der Waals surface area contributed by atoms with Crippen LogP contribution in [0.5, 0.6) is 11.5 Å². The monoisotopic (exact) mass is 679 g/mol. The molecule has 0 aliphatic carbocycles. The lowest BCUT2D eigenvalue weighted by molar-refractivity contribution is -0.131. The van der Waals surface area contributed by atoms with Gasteiger partial charge >= 0.3 is 0 Å². The molecule has 0 spiro atoms. The molecule has 1 fully saturated rings. The van der Waals surface area contributed by atoms with Crippen LogP contribution in [0.1, 0.15) is 28.9 Å². The van der Waals surface area contributed by atoms with Gasteiger partial charge in [0.25, 0.3) is 5.91 Å². The van der Waals surface area contributed by atoms with Crippen LogP contribution in [0, 0.1) is 5.82 Å². The van der Waals surface area contributed by atoms with Gasteiger partial charge in [-0.25, -0.2) is 9.37 Å². The Labute approximate surface area is 288 Å². The number of halogens is 1. The first kappa shape index (κ1) is 32.6. The van der Waals surface area contributed by atoms with Crippen LogP contribution < -0.4 is 20.1 Å². The summed E-state index contributed by atoms with van der Waals surface area (Å²) in [6.45, 7) is 3.21. The summed E-state index contributed by atoms with van der Waals surface area (Å²) in [5.41, 5.74) is 9.48. The molecule has 3 aromatic heterocycles. The first-order chi connectivity index (χ1) is 24.3. The maximum absolute atomic E-state index is 16.7. The molecule has 2 amide bonds. The van der Waals surface area contributed by atoms with E-state index in [1.165, 1.54) is 0 Å². The SMILES string of the molecule is COc1cc(N)ccc1-c1cc(C2=CCCN(C(=O)CCn3ccnn3)C2)c(F)c2[nH]c(C(=O)N3CCN(c4ncccc4OC)CC3)cc12. The molecular weight excluding hydrogens is 641 g/mol. The summed E-state index contributed by atoms with van der Waals surface area (Å²) < 4.78 is 29.5. The van der Waals surface area contributed by atoms with Crippen LogP contribution in [0.15, 0.2) is 67.1 Å². The molecule has 0 unspecified atom stereocenters. The van der Waals surface area contributed by atoms with Gasteiger partial charge in [0.2, 0.25) is 5.91 Å². The Kier molecular flexibility index (Phi) is 9.07. The maximum Gasteiger partial charge on any atom is 0.270 e. The Bertz CT molecular complexity index is 2070. The maximum atomic E-state index is 16.7. The Hall–Kier alpha value is -5.92. The summed E-state index contributed by atoms with van der Waals surface area (Å²) in [6, 6.07) is 12.5. The van der Waals surface area contributed by atoms with Crippen molar-refractivity contribution in [2.75, 3.05) is 64.1 Å². The van der Waals surface area contributed by atoms with Crippen molar-refractivity contribution in [3.63, 3.8) is 0 Å². The first-order valence-corrected chi connectivity index (χ1v) is 16.5. The van der Waals surface area contributed by atoms with E-state index in [1.54, 1.807) is 71.6 Å². The average molecular weight is 680 g/mol. The van der Waals surface area contributed by atoms with E-state index in [0.29, 0.717) is 90.5 Å². The molecule has 5 heterocycles. The highest BCUT2D eigenvalue weighted by molar-refractivity contribution is 6.05. The topological polar surface area (TPSA) is 148 Å². The molecule has 2 aliphatic heterocycles. The number of nitrogens with one attached hydrogen (secondary N) is 1. The van der Waals surface area contributed by atoms with E-state index in [9.17, 15) is 9.59 Å². The molecule has 50 heavy (non-hydrogen) atoms. The van der Waals surface area contributed by atoms with Gasteiger partial charge in [-0.3, -0.25) is 14.3 Å². The van der Waals surface area contributed by atoms with Gasteiger partial charge in [-0.15, -0.1) is 5.10 Å². The van der Waals surface area contributed by atoms with Crippen molar-refractivity contribution in [2.24, 2.45) is 0 Å². The van der Waals surface area contributed by atoms with Gasteiger partial charge in [-0.1, -0.05) is 11.3 Å². The number of rotatable bonds is 9. The fraction of sp³-hybridized carbons (Fsp3) is 0.306. The predicted molar refractivity (Wildman–Crippen MR) is 187 cm³/mol. The van der Waals surface area contributed by atoms with Crippen LogP contribution in [0.2, 0.25) is 0 Å². The lowest BCUT2D eigenvalue weighted by Gasteiger charge is -2.35. The summed E-state index contributed by atoms with van der Waals surface area (Å²) >= 11 is 0. The standard InChI is InChI=1S/C36H38FN9O4/c1-49-30-6-3-10-39-35(30)43-15-17-44(18-16-43)36(48)29-21-28-27(25-8-7-24(38)19-31(25)50-2)20-26(33(37)34(28)41-29)23-5-4-12-45(22-23)32(47)9-13-46-14-11-40-42-46/h3,5-8,10-11,14,19-21,41H,4,9,12-13,15-18,22,38H2,1-2H3. The highest BCUT2D eigenvalue weighted by Gasteiger charge is 2.29. The first-order valence-electron chi connectivity index (χ1n) is 16.5. The zero-order chi connectivity index (χ0) is 34.8. The number of fused-ring (bicyclic) bond motifs is 1. The minimum Gasteiger partial charge on any atom is -0.496 e. The number of pyridine rings is 1. The number of benzene rings is 2. The second-order valence-electron chi connectivity index (χ2n) is 12.3. The predicted octanol–water partition coefficient (Wildman–Crippen LogP) is 4.23. The third-order valence-corrected chi connectivity index (χ3v) is 9.31. The van der Waals surface area contributed by atoms with Crippen molar-refractivity contribution in [1.29, 1.82) is 0 Å². The molecule has 0 atom stereocenters. The number of nitrogen functional groups attached to an aromatic ring is 1. The minimum atomic E-state index is -0.493. The largest absolute Gasteiger partial charge is 0.496 e. The van der Waals surface area contributed by atoms with Crippen LogP contribution in [-0.2, 0) is 11.3 Å². The fourth-order valence-corrected chi connectivity index (χ4v) is 6.71. The van der Waals surface area contributed by atoms with Gasteiger partial charge in [0.05, 0.1) is 32.5 Å².